The van der Waals surface area contributed by atoms with Crippen LogP contribution in [0.3, 0.4) is 0 Å². The van der Waals surface area contributed by atoms with Crippen LogP contribution in [0.1, 0.15) is 47.4 Å². The van der Waals surface area contributed by atoms with Gasteiger partial charge >= 0.3 is 0 Å². The summed E-state index contributed by atoms with van der Waals surface area (Å²) < 4.78 is 0. The van der Waals surface area contributed by atoms with Gasteiger partial charge in [0, 0.05) is 42.5 Å². The third kappa shape index (κ3) is 4.28. The van der Waals surface area contributed by atoms with E-state index in [1.807, 2.05) is 36.1 Å². The molecule has 2 aromatic rings. The Labute approximate surface area is 154 Å². The number of amides is 1. The summed E-state index contributed by atoms with van der Waals surface area (Å²) in [5.41, 5.74) is 3.15. The highest BCUT2D eigenvalue weighted by Crippen LogP contribution is 2.24. The summed E-state index contributed by atoms with van der Waals surface area (Å²) in [5, 5.41) is 3.34. The molecule has 1 aromatic carbocycles. The molecule has 0 radical (unpaired) electrons. The van der Waals surface area contributed by atoms with Crippen LogP contribution in [0.4, 0.5) is 0 Å². The number of piperazine rings is 1. The van der Waals surface area contributed by atoms with Crippen LogP contribution in [-0.4, -0.2) is 46.9 Å². The fourth-order valence-electron chi connectivity index (χ4n) is 3.01. The summed E-state index contributed by atoms with van der Waals surface area (Å²) in [6.45, 7) is 12.8. The Morgan fingerprint density at radius 3 is 2.44 bits per heavy atom. The van der Waals surface area contributed by atoms with Gasteiger partial charge in [-0.1, -0.05) is 39.0 Å². The molecule has 1 aliphatic rings. The maximum Gasteiger partial charge on any atom is 0.254 e. The summed E-state index contributed by atoms with van der Waals surface area (Å²) in [4.78, 5) is 21.9. The molecule has 134 valence electrons. The van der Waals surface area contributed by atoms with Crippen LogP contribution < -0.4 is 0 Å². The third-order valence-corrected chi connectivity index (χ3v) is 5.55. The molecule has 0 unspecified atom stereocenters. The molecule has 2 heterocycles. The maximum atomic E-state index is 12.7. The van der Waals surface area contributed by atoms with Crippen LogP contribution in [-0.2, 0) is 12.0 Å². The van der Waals surface area contributed by atoms with Crippen LogP contribution in [0.5, 0.6) is 0 Å². The third-order valence-electron chi connectivity index (χ3n) is 4.71. The van der Waals surface area contributed by atoms with Gasteiger partial charge in [0.2, 0.25) is 0 Å². The standard InChI is InChI=1S/C20H27N3OS/c1-15-7-5-6-8-16(15)19(24)23-11-9-22(10-12-23)13-18-21-17(14-25-18)20(2,3)4/h5-8,14H,9-13H2,1-4H3. The highest BCUT2D eigenvalue weighted by Gasteiger charge is 2.24. The molecule has 25 heavy (non-hydrogen) atoms. The number of hydrogen-bond acceptors (Lipinski definition) is 4. The molecule has 1 amide bonds. The van der Waals surface area contributed by atoms with Crippen molar-refractivity contribution in [1.82, 2.24) is 14.8 Å². The zero-order chi connectivity index (χ0) is 18.0. The summed E-state index contributed by atoms with van der Waals surface area (Å²) in [6.07, 6.45) is 0. The van der Waals surface area contributed by atoms with Gasteiger partial charge in [-0.2, -0.15) is 0 Å². The van der Waals surface area contributed by atoms with E-state index in [4.69, 9.17) is 4.98 Å². The van der Waals surface area contributed by atoms with Gasteiger partial charge in [0.1, 0.15) is 5.01 Å². The molecular formula is C20H27N3OS. The number of carbonyl (C=O) groups is 1. The first-order chi connectivity index (χ1) is 11.8. The normalized spacial score (nSPS) is 16.2. The second kappa shape index (κ2) is 7.26. The second-order valence-corrected chi connectivity index (χ2v) is 8.70. The molecule has 1 aliphatic heterocycles. The molecule has 0 saturated carbocycles. The van der Waals surface area contributed by atoms with Gasteiger partial charge in [-0.15, -0.1) is 11.3 Å². The first-order valence-electron chi connectivity index (χ1n) is 8.87. The quantitative estimate of drug-likeness (QED) is 0.840. The van der Waals surface area contributed by atoms with Crippen LogP contribution in [0, 0.1) is 6.92 Å². The van der Waals surface area contributed by atoms with Gasteiger partial charge in [-0.05, 0) is 18.6 Å². The van der Waals surface area contributed by atoms with Crippen molar-refractivity contribution in [2.24, 2.45) is 0 Å². The lowest BCUT2D eigenvalue weighted by molar-refractivity contribution is 0.0627. The Hall–Kier alpha value is -1.72. The van der Waals surface area contributed by atoms with Gasteiger partial charge in [-0.3, -0.25) is 9.69 Å². The minimum absolute atomic E-state index is 0.105. The second-order valence-electron chi connectivity index (χ2n) is 7.76. The SMILES string of the molecule is Cc1ccccc1C(=O)N1CCN(Cc2nc(C(C)(C)C)cs2)CC1. The summed E-state index contributed by atoms with van der Waals surface area (Å²) in [5.74, 6) is 0.155. The van der Waals surface area contributed by atoms with E-state index in [1.54, 1.807) is 11.3 Å². The Bertz CT molecular complexity index is 739. The average Bonchev–Trinajstić information content (AvgIpc) is 3.04. The van der Waals surface area contributed by atoms with Gasteiger partial charge < -0.3 is 4.90 Å². The molecule has 1 aromatic heterocycles. The number of thiazole rings is 1. The van der Waals surface area contributed by atoms with E-state index in [-0.39, 0.29) is 11.3 Å². The molecule has 0 aliphatic carbocycles. The van der Waals surface area contributed by atoms with Crippen LogP contribution >= 0.6 is 11.3 Å². The summed E-state index contributed by atoms with van der Waals surface area (Å²) in [6, 6.07) is 7.84. The first kappa shape index (κ1) is 18.1. The monoisotopic (exact) mass is 357 g/mol. The van der Waals surface area contributed by atoms with Crippen molar-refractivity contribution in [3.8, 4) is 0 Å². The van der Waals surface area contributed by atoms with E-state index in [0.29, 0.717) is 0 Å². The molecule has 0 atom stereocenters. The zero-order valence-electron chi connectivity index (χ0n) is 15.6. The lowest BCUT2D eigenvalue weighted by atomic mass is 9.93. The number of hydrogen-bond donors (Lipinski definition) is 0. The predicted molar refractivity (Wildman–Crippen MR) is 103 cm³/mol. The fourth-order valence-corrected chi connectivity index (χ4v) is 4.07. The van der Waals surface area contributed by atoms with Crippen LogP contribution in [0.15, 0.2) is 29.6 Å². The number of nitrogens with zero attached hydrogens (tertiary/aromatic N) is 3. The highest BCUT2D eigenvalue weighted by molar-refractivity contribution is 7.09. The van der Waals surface area contributed by atoms with Crippen molar-refractivity contribution < 1.29 is 4.79 Å². The van der Waals surface area contributed by atoms with Crippen molar-refractivity contribution in [1.29, 1.82) is 0 Å². The molecule has 5 heteroatoms. The van der Waals surface area contributed by atoms with Gasteiger partial charge in [0.15, 0.2) is 0 Å². The molecule has 0 spiro atoms. The number of aromatic nitrogens is 1. The van der Waals surface area contributed by atoms with Crippen molar-refractivity contribution in [3.05, 3.63) is 51.5 Å². The van der Waals surface area contributed by atoms with E-state index in [9.17, 15) is 4.79 Å². The van der Waals surface area contributed by atoms with E-state index in [1.165, 1.54) is 10.7 Å². The van der Waals surface area contributed by atoms with Crippen LogP contribution in [0.2, 0.25) is 0 Å². The van der Waals surface area contributed by atoms with Gasteiger partial charge in [0.05, 0.1) is 12.2 Å². The Morgan fingerprint density at radius 1 is 1.16 bits per heavy atom. The van der Waals surface area contributed by atoms with E-state index < -0.39 is 0 Å². The summed E-state index contributed by atoms with van der Waals surface area (Å²) in [7, 11) is 0. The van der Waals surface area contributed by atoms with E-state index >= 15 is 0 Å². The van der Waals surface area contributed by atoms with E-state index in [0.717, 1.165) is 43.9 Å². The van der Waals surface area contributed by atoms with Gasteiger partial charge in [0.25, 0.3) is 5.91 Å². The minimum Gasteiger partial charge on any atom is -0.336 e. The van der Waals surface area contributed by atoms with Crippen molar-refractivity contribution in [2.45, 2.75) is 39.7 Å². The van der Waals surface area contributed by atoms with Crippen molar-refractivity contribution >= 4 is 17.2 Å². The molecule has 3 rings (SSSR count). The van der Waals surface area contributed by atoms with Crippen molar-refractivity contribution in [3.63, 3.8) is 0 Å². The smallest absolute Gasteiger partial charge is 0.254 e. The summed E-state index contributed by atoms with van der Waals surface area (Å²) >= 11 is 1.74. The molecule has 1 saturated heterocycles. The number of carbonyl (C=O) groups excluding carboxylic acids is 1. The van der Waals surface area contributed by atoms with Crippen molar-refractivity contribution in [2.75, 3.05) is 26.2 Å². The average molecular weight is 358 g/mol. The first-order valence-corrected chi connectivity index (χ1v) is 9.75. The zero-order valence-corrected chi connectivity index (χ0v) is 16.4. The van der Waals surface area contributed by atoms with Gasteiger partial charge in [-0.25, -0.2) is 4.98 Å². The molecule has 0 N–H and O–H groups in total. The number of rotatable bonds is 3. The number of benzene rings is 1. The highest BCUT2D eigenvalue weighted by atomic mass is 32.1. The number of aryl methyl sites for hydroxylation is 1. The Morgan fingerprint density at radius 2 is 1.84 bits per heavy atom. The topological polar surface area (TPSA) is 36.4 Å². The molecule has 0 bridgehead atoms. The predicted octanol–water partition coefficient (Wildman–Crippen LogP) is 3.71. The largest absolute Gasteiger partial charge is 0.336 e. The minimum atomic E-state index is 0.105. The molecule has 1 fully saturated rings. The van der Waals surface area contributed by atoms with Crippen LogP contribution in [0.25, 0.3) is 0 Å². The Kier molecular flexibility index (Phi) is 5.25. The fraction of sp³-hybridized carbons (Fsp3) is 0.500. The Balaban J connectivity index is 1.56. The molecule has 4 nitrogen and oxygen atoms in total. The lowest BCUT2D eigenvalue weighted by Crippen LogP contribution is -2.48. The lowest BCUT2D eigenvalue weighted by Gasteiger charge is -2.34. The molecular weight excluding hydrogens is 330 g/mol. The van der Waals surface area contributed by atoms with E-state index in [2.05, 4.69) is 31.1 Å². The maximum absolute atomic E-state index is 12.7.